The first-order valence-corrected chi connectivity index (χ1v) is 8.89. The number of aromatic carboxylic acids is 1. The summed E-state index contributed by atoms with van der Waals surface area (Å²) >= 11 is 0. The number of aromatic nitrogens is 2. The van der Waals surface area contributed by atoms with E-state index in [1.807, 2.05) is 25.2 Å². The fourth-order valence-corrected chi connectivity index (χ4v) is 3.03. The summed E-state index contributed by atoms with van der Waals surface area (Å²) in [6.45, 7) is 7.57. The molecule has 0 atom stereocenters. The molecule has 1 saturated heterocycles. The van der Waals surface area contributed by atoms with Crippen molar-refractivity contribution in [3.63, 3.8) is 0 Å². The molecule has 0 aliphatic carbocycles. The van der Waals surface area contributed by atoms with E-state index in [4.69, 9.17) is 5.11 Å². The molecule has 7 heteroatoms. The Hall–Kier alpha value is -2.67. The van der Waals surface area contributed by atoms with Crippen LogP contribution in [-0.2, 0) is 6.54 Å². The van der Waals surface area contributed by atoms with E-state index in [0.29, 0.717) is 5.56 Å². The molecule has 0 saturated carbocycles. The van der Waals surface area contributed by atoms with Crippen LogP contribution in [0.4, 0.5) is 11.6 Å². The van der Waals surface area contributed by atoms with Crippen molar-refractivity contribution in [2.24, 2.45) is 0 Å². The van der Waals surface area contributed by atoms with Crippen LogP contribution in [0, 0.1) is 0 Å². The van der Waals surface area contributed by atoms with Gasteiger partial charge in [-0.2, -0.15) is 0 Å². The maximum absolute atomic E-state index is 10.9. The second kappa shape index (κ2) is 8.14. The maximum Gasteiger partial charge on any atom is 0.335 e. The molecule has 1 N–H and O–H groups in total. The van der Waals surface area contributed by atoms with Crippen LogP contribution in [0.2, 0.25) is 0 Å². The summed E-state index contributed by atoms with van der Waals surface area (Å²) in [4.78, 5) is 26.5. The molecular weight excluding hydrogens is 330 g/mol. The summed E-state index contributed by atoms with van der Waals surface area (Å²) < 4.78 is 0. The summed E-state index contributed by atoms with van der Waals surface area (Å²) in [5.74, 6) is 1.03. The lowest BCUT2D eigenvalue weighted by molar-refractivity contribution is 0.0697. The van der Waals surface area contributed by atoms with Crippen LogP contribution in [0.5, 0.6) is 0 Å². The SMILES string of the molecule is CCN(C)c1cc(N2CCN(Cc3ccc(C(=O)O)cc3)CC2)ncn1. The lowest BCUT2D eigenvalue weighted by atomic mass is 10.1. The van der Waals surface area contributed by atoms with Gasteiger partial charge in [0.1, 0.15) is 18.0 Å². The molecule has 138 valence electrons. The third-order valence-corrected chi connectivity index (χ3v) is 4.81. The highest BCUT2D eigenvalue weighted by atomic mass is 16.4. The average Bonchev–Trinajstić information content (AvgIpc) is 2.68. The maximum atomic E-state index is 10.9. The highest BCUT2D eigenvalue weighted by Crippen LogP contribution is 2.19. The first-order valence-electron chi connectivity index (χ1n) is 8.89. The Morgan fingerprint density at radius 1 is 1.15 bits per heavy atom. The molecule has 1 aliphatic rings. The number of carbonyl (C=O) groups is 1. The minimum Gasteiger partial charge on any atom is -0.478 e. The van der Waals surface area contributed by atoms with Gasteiger partial charge in [-0.25, -0.2) is 14.8 Å². The molecule has 0 amide bonds. The van der Waals surface area contributed by atoms with Crippen LogP contribution in [0.25, 0.3) is 0 Å². The molecule has 26 heavy (non-hydrogen) atoms. The van der Waals surface area contributed by atoms with Gasteiger partial charge in [-0.1, -0.05) is 12.1 Å². The predicted octanol–water partition coefficient (Wildman–Crippen LogP) is 1.95. The number of piperazine rings is 1. The first kappa shape index (κ1) is 18.1. The van der Waals surface area contributed by atoms with E-state index < -0.39 is 5.97 Å². The Morgan fingerprint density at radius 2 is 1.85 bits per heavy atom. The molecule has 2 aromatic rings. The normalized spacial score (nSPS) is 15.1. The molecular formula is C19H25N5O2. The third-order valence-electron chi connectivity index (χ3n) is 4.81. The number of carboxylic acid groups (broad SMARTS) is 1. The van der Waals surface area contributed by atoms with Crippen LogP contribution < -0.4 is 9.80 Å². The Kier molecular flexibility index (Phi) is 5.68. The fraction of sp³-hybridized carbons (Fsp3) is 0.421. The van der Waals surface area contributed by atoms with Gasteiger partial charge < -0.3 is 14.9 Å². The van der Waals surface area contributed by atoms with Crippen molar-refractivity contribution in [2.75, 3.05) is 49.6 Å². The van der Waals surface area contributed by atoms with Gasteiger partial charge >= 0.3 is 5.97 Å². The van der Waals surface area contributed by atoms with E-state index in [-0.39, 0.29) is 0 Å². The van der Waals surface area contributed by atoms with Crippen molar-refractivity contribution in [3.8, 4) is 0 Å². The zero-order valence-corrected chi connectivity index (χ0v) is 15.3. The molecule has 0 radical (unpaired) electrons. The van der Waals surface area contributed by atoms with Gasteiger partial charge in [-0.15, -0.1) is 0 Å². The van der Waals surface area contributed by atoms with Gasteiger partial charge in [-0.3, -0.25) is 4.90 Å². The Balaban J connectivity index is 1.56. The van der Waals surface area contributed by atoms with E-state index >= 15 is 0 Å². The quantitative estimate of drug-likeness (QED) is 0.849. The fourth-order valence-electron chi connectivity index (χ4n) is 3.03. The van der Waals surface area contributed by atoms with Crippen molar-refractivity contribution >= 4 is 17.6 Å². The second-order valence-corrected chi connectivity index (χ2v) is 6.51. The van der Waals surface area contributed by atoms with Crippen LogP contribution in [0.3, 0.4) is 0 Å². The number of nitrogens with zero attached hydrogens (tertiary/aromatic N) is 5. The van der Waals surface area contributed by atoms with Crippen molar-refractivity contribution in [1.29, 1.82) is 0 Å². The third kappa shape index (κ3) is 4.29. The van der Waals surface area contributed by atoms with Crippen molar-refractivity contribution in [1.82, 2.24) is 14.9 Å². The summed E-state index contributed by atoms with van der Waals surface area (Å²) in [5.41, 5.74) is 1.47. The minimum absolute atomic E-state index is 0.329. The Bertz CT molecular complexity index is 742. The number of rotatable bonds is 6. The largest absolute Gasteiger partial charge is 0.478 e. The monoisotopic (exact) mass is 355 g/mol. The van der Waals surface area contributed by atoms with Crippen LogP contribution in [0.1, 0.15) is 22.8 Å². The Labute approximate surface area is 153 Å². The van der Waals surface area contributed by atoms with Crippen LogP contribution in [0.15, 0.2) is 36.7 Å². The molecule has 2 heterocycles. The summed E-state index contributed by atoms with van der Waals surface area (Å²) in [7, 11) is 2.03. The second-order valence-electron chi connectivity index (χ2n) is 6.51. The molecule has 1 aliphatic heterocycles. The topological polar surface area (TPSA) is 72.8 Å². The first-order chi connectivity index (χ1) is 12.6. The van der Waals surface area contributed by atoms with E-state index in [1.165, 1.54) is 0 Å². The van der Waals surface area contributed by atoms with Gasteiger partial charge in [-0.05, 0) is 24.6 Å². The van der Waals surface area contributed by atoms with Crippen molar-refractivity contribution < 1.29 is 9.90 Å². The molecule has 0 bridgehead atoms. The lowest BCUT2D eigenvalue weighted by Gasteiger charge is -2.35. The van der Waals surface area contributed by atoms with Gasteiger partial charge in [0.05, 0.1) is 5.56 Å². The number of carboxylic acids is 1. The van der Waals surface area contributed by atoms with E-state index in [0.717, 1.165) is 56.5 Å². The van der Waals surface area contributed by atoms with Crippen LogP contribution >= 0.6 is 0 Å². The van der Waals surface area contributed by atoms with E-state index in [1.54, 1.807) is 18.5 Å². The molecule has 1 aromatic carbocycles. The van der Waals surface area contributed by atoms with E-state index in [9.17, 15) is 4.79 Å². The van der Waals surface area contributed by atoms with Gasteiger partial charge in [0.2, 0.25) is 0 Å². The smallest absolute Gasteiger partial charge is 0.335 e. The standard InChI is InChI=1S/C19H25N5O2/c1-3-22(2)17-12-18(21-14-20-17)24-10-8-23(9-11-24)13-15-4-6-16(7-5-15)19(25)26/h4-7,12,14H,3,8-11,13H2,1-2H3,(H,25,26). The summed E-state index contributed by atoms with van der Waals surface area (Å²) in [6, 6.07) is 9.17. The van der Waals surface area contributed by atoms with Crippen molar-refractivity contribution in [3.05, 3.63) is 47.8 Å². The number of hydrogen-bond acceptors (Lipinski definition) is 6. The van der Waals surface area contributed by atoms with Gasteiger partial charge in [0.15, 0.2) is 0 Å². The number of benzene rings is 1. The van der Waals surface area contributed by atoms with Gasteiger partial charge in [0.25, 0.3) is 0 Å². The highest BCUT2D eigenvalue weighted by Gasteiger charge is 2.19. The molecule has 0 spiro atoms. The minimum atomic E-state index is -0.886. The predicted molar refractivity (Wildman–Crippen MR) is 102 cm³/mol. The van der Waals surface area contributed by atoms with Crippen molar-refractivity contribution in [2.45, 2.75) is 13.5 Å². The summed E-state index contributed by atoms with van der Waals surface area (Å²) in [6.07, 6.45) is 1.63. The highest BCUT2D eigenvalue weighted by molar-refractivity contribution is 5.87. The Morgan fingerprint density at radius 3 is 2.46 bits per heavy atom. The molecule has 0 unspecified atom stereocenters. The zero-order valence-electron chi connectivity index (χ0n) is 15.3. The zero-order chi connectivity index (χ0) is 18.5. The summed E-state index contributed by atoms with van der Waals surface area (Å²) in [5, 5.41) is 8.97. The van der Waals surface area contributed by atoms with Gasteiger partial charge in [0, 0.05) is 52.4 Å². The average molecular weight is 355 g/mol. The molecule has 3 rings (SSSR count). The molecule has 1 aromatic heterocycles. The molecule has 7 nitrogen and oxygen atoms in total. The number of hydrogen-bond donors (Lipinski definition) is 1. The van der Waals surface area contributed by atoms with Crippen LogP contribution in [-0.4, -0.2) is 65.7 Å². The van der Waals surface area contributed by atoms with E-state index in [2.05, 4.69) is 31.6 Å². The number of anilines is 2. The lowest BCUT2D eigenvalue weighted by Crippen LogP contribution is -2.46. The molecule has 1 fully saturated rings.